The van der Waals surface area contributed by atoms with Crippen molar-refractivity contribution in [2.45, 2.75) is 37.5 Å². The van der Waals surface area contributed by atoms with E-state index in [2.05, 4.69) is 27.8 Å². The van der Waals surface area contributed by atoms with Gasteiger partial charge >= 0.3 is 0 Å². The minimum atomic E-state index is 0.232. The lowest BCUT2D eigenvalue weighted by molar-refractivity contribution is 0.291. The Morgan fingerprint density at radius 3 is 2.55 bits per heavy atom. The van der Waals surface area contributed by atoms with Gasteiger partial charge in [-0.25, -0.2) is 0 Å². The second-order valence-electron chi connectivity index (χ2n) is 5.86. The van der Waals surface area contributed by atoms with Crippen LogP contribution < -0.4 is 10.6 Å². The Morgan fingerprint density at radius 2 is 1.90 bits per heavy atom. The van der Waals surface area contributed by atoms with Crippen molar-refractivity contribution >= 4 is 17.6 Å². The fraction of sp³-hybridized carbons (Fsp3) is 0.562. The smallest absolute Gasteiger partial charge is 0.191 e. The number of rotatable bonds is 3. The molecule has 20 heavy (non-hydrogen) atoms. The molecule has 0 bridgehead atoms. The van der Waals surface area contributed by atoms with Crippen LogP contribution in [0.25, 0.3) is 0 Å². The fourth-order valence-electron chi connectivity index (χ4n) is 3.37. The number of aliphatic imine (C=N–C) groups is 1. The zero-order valence-electron chi connectivity index (χ0n) is 11.8. The Hall–Kier alpha value is -1.22. The summed E-state index contributed by atoms with van der Waals surface area (Å²) in [5.74, 6) is 0.962. The molecule has 0 unspecified atom stereocenters. The summed E-state index contributed by atoms with van der Waals surface area (Å²) in [7, 11) is 0. The van der Waals surface area contributed by atoms with Gasteiger partial charge in [0, 0.05) is 23.5 Å². The van der Waals surface area contributed by atoms with Gasteiger partial charge in [0.25, 0.3) is 0 Å². The van der Waals surface area contributed by atoms with Gasteiger partial charge in [0.1, 0.15) is 0 Å². The van der Waals surface area contributed by atoms with Crippen molar-refractivity contribution in [1.82, 2.24) is 10.6 Å². The predicted octanol–water partition coefficient (Wildman–Crippen LogP) is 3.09. The van der Waals surface area contributed by atoms with E-state index in [9.17, 15) is 0 Å². The molecule has 3 rings (SSSR count). The van der Waals surface area contributed by atoms with Crippen LogP contribution in [-0.4, -0.2) is 25.6 Å². The zero-order valence-corrected chi connectivity index (χ0v) is 12.5. The molecular weight excluding hydrogens is 270 g/mol. The number of guanidine groups is 1. The number of halogens is 1. The topological polar surface area (TPSA) is 36.4 Å². The van der Waals surface area contributed by atoms with Crippen molar-refractivity contribution in [3.63, 3.8) is 0 Å². The van der Waals surface area contributed by atoms with Gasteiger partial charge in [-0.3, -0.25) is 4.99 Å². The molecule has 0 spiro atoms. The van der Waals surface area contributed by atoms with Gasteiger partial charge in [-0.1, -0.05) is 43.0 Å². The van der Waals surface area contributed by atoms with Crippen molar-refractivity contribution < 1.29 is 0 Å². The third-order valence-corrected chi connectivity index (χ3v) is 4.79. The number of nitrogens with zero attached hydrogens (tertiary/aromatic N) is 1. The molecule has 3 nitrogen and oxygen atoms in total. The van der Waals surface area contributed by atoms with Gasteiger partial charge in [-0.05, 0) is 30.5 Å². The summed E-state index contributed by atoms with van der Waals surface area (Å²) in [6.45, 7) is 2.80. The van der Waals surface area contributed by atoms with Crippen molar-refractivity contribution in [3.05, 3.63) is 34.9 Å². The lowest BCUT2D eigenvalue weighted by Gasteiger charge is -2.38. The largest absolute Gasteiger partial charge is 0.356 e. The van der Waals surface area contributed by atoms with E-state index in [-0.39, 0.29) is 5.41 Å². The summed E-state index contributed by atoms with van der Waals surface area (Å²) in [4.78, 5) is 4.43. The fourth-order valence-corrected chi connectivity index (χ4v) is 3.49. The first kappa shape index (κ1) is 13.7. The van der Waals surface area contributed by atoms with E-state index < -0.39 is 0 Å². The summed E-state index contributed by atoms with van der Waals surface area (Å²) in [6, 6.07) is 8.41. The van der Waals surface area contributed by atoms with Gasteiger partial charge in [0.2, 0.25) is 0 Å². The van der Waals surface area contributed by atoms with Crippen LogP contribution in [0.3, 0.4) is 0 Å². The van der Waals surface area contributed by atoms with Gasteiger partial charge < -0.3 is 10.6 Å². The van der Waals surface area contributed by atoms with Gasteiger partial charge in [-0.15, -0.1) is 0 Å². The molecule has 0 atom stereocenters. The highest BCUT2D eigenvalue weighted by atomic mass is 35.5. The molecule has 0 radical (unpaired) electrons. The van der Waals surface area contributed by atoms with Crippen LogP contribution >= 0.6 is 11.6 Å². The lowest BCUT2D eigenvalue weighted by Crippen LogP contribution is -2.45. The maximum absolute atomic E-state index is 6.03. The van der Waals surface area contributed by atoms with Crippen LogP contribution in [0, 0.1) is 0 Å². The quantitative estimate of drug-likeness (QED) is 0.898. The molecule has 4 heteroatoms. The first-order chi connectivity index (χ1) is 9.78. The van der Waals surface area contributed by atoms with Crippen LogP contribution in [0.5, 0.6) is 0 Å². The normalized spacial score (nSPS) is 21.1. The number of nitrogens with one attached hydrogen (secondary N) is 2. The molecule has 2 N–H and O–H groups in total. The summed E-state index contributed by atoms with van der Waals surface area (Å²) in [6.07, 6.45) is 6.47. The molecule has 1 saturated carbocycles. The molecule has 1 heterocycles. The molecule has 1 aliphatic heterocycles. The summed E-state index contributed by atoms with van der Waals surface area (Å²) in [5, 5.41) is 7.62. The van der Waals surface area contributed by atoms with Crippen molar-refractivity contribution in [3.8, 4) is 0 Å². The Labute approximate surface area is 125 Å². The van der Waals surface area contributed by atoms with Crippen molar-refractivity contribution in [1.29, 1.82) is 0 Å². The van der Waals surface area contributed by atoms with Gasteiger partial charge in [-0.2, -0.15) is 0 Å². The zero-order chi connectivity index (χ0) is 13.8. The third kappa shape index (κ3) is 2.93. The second-order valence-corrected chi connectivity index (χ2v) is 6.29. The average molecular weight is 292 g/mol. The van der Waals surface area contributed by atoms with Gasteiger partial charge in [0.05, 0.1) is 6.54 Å². The van der Waals surface area contributed by atoms with Crippen LogP contribution in [0.2, 0.25) is 5.02 Å². The Kier molecular flexibility index (Phi) is 4.16. The van der Waals surface area contributed by atoms with E-state index in [1.807, 2.05) is 12.1 Å². The van der Waals surface area contributed by atoms with E-state index in [4.69, 9.17) is 11.6 Å². The standard InChI is InChI=1S/C16H22ClN3/c17-14-6-4-13(5-7-14)16(8-2-1-3-9-16)12-20-15-18-10-11-19-15/h4-7H,1-3,8-12H2,(H2,18,19,20). The summed E-state index contributed by atoms with van der Waals surface area (Å²) in [5.41, 5.74) is 1.64. The first-order valence-corrected chi connectivity index (χ1v) is 7.95. The van der Waals surface area contributed by atoms with Gasteiger partial charge in [0.15, 0.2) is 5.96 Å². The van der Waals surface area contributed by atoms with E-state index in [0.29, 0.717) is 0 Å². The molecule has 108 valence electrons. The summed E-state index contributed by atoms with van der Waals surface area (Å²) < 4.78 is 0. The van der Waals surface area contributed by atoms with E-state index in [1.165, 1.54) is 37.7 Å². The maximum atomic E-state index is 6.03. The molecule has 1 aliphatic carbocycles. The minimum Gasteiger partial charge on any atom is -0.356 e. The van der Waals surface area contributed by atoms with Crippen LogP contribution in [-0.2, 0) is 5.41 Å². The summed E-state index contributed by atoms with van der Waals surface area (Å²) >= 11 is 6.03. The Balaban J connectivity index is 1.78. The van der Waals surface area contributed by atoms with Crippen LogP contribution in [0.15, 0.2) is 29.3 Å². The molecule has 1 fully saturated rings. The molecule has 0 saturated heterocycles. The SMILES string of the molecule is Clc1ccc(C2(CNC3=NCCN3)CCCCC2)cc1. The second kappa shape index (κ2) is 6.04. The van der Waals surface area contributed by atoms with Crippen LogP contribution in [0.1, 0.15) is 37.7 Å². The molecule has 2 aliphatic rings. The number of hydrogen-bond acceptors (Lipinski definition) is 3. The van der Waals surface area contributed by atoms with Crippen molar-refractivity contribution in [2.75, 3.05) is 19.6 Å². The minimum absolute atomic E-state index is 0.232. The number of benzene rings is 1. The maximum Gasteiger partial charge on any atom is 0.191 e. The molecule has 0 aromatic heterocycles. The molecule has 0 amide bonds. The monoisotopic (exact) mass is 291 g/mol. The van der Waals surface area contributed by atoms with Crippen molar-refractivity contribution in [2.24, 2.45) is 4.99 Å². The Morgan fingerprint density at radius 1 is 1.15 bits per heavy atom. The van der Waals surface area contributed by atoms with E-state index in [0.717, 1.165) is 30.6 Å². The molecule has 1 aromatic carbocycles. The lowest BCUT2D eigenvalue weighted by atomic mass is 9.69. The highest BCUT2D eigenvalue weighted by Gasteiger charge is 2.34. The molecule has 1 aromatic rings. The highest BCUT2D eigenvalue weighted by Crippen LogP contribution is 2.39. The average Bonchev–Trinajstić information content (AvgIpc) is 3.00. The van der Waals surface area contributed by atoms with Crippen LogP contribution in [0.4, 0.5) is 0 Å². The first-order valence-electron chi connectivity index (χ1n) is 7.57. The number of hydrogen-bond donors (Lipinski definition) is 2. The van der Waals surface area contributed by atoms with E-state index >= 15 is 0 Å². The third-order valence-electron chi connectivity index (χ3n) is 4.54. The van der Waals surface area contributed by atoms with E-state index in [1.54, 1.807) is 0 Å². The predicted molar refractivity (Wildman–Crippen MR) is 84.5 cm³/mol. The molecular formula is C16H22ClN3. The Bertz CT molecular complexity index is 475. The highest BCUT2D eigenvalue weighted by molar-refractivity contribution is 6.30.